The molecular formula is C24H24N4O2. The molecule has 3 heterocycles. The van der Waals surface area contributed by atoms with Crippen molar-refractivity contribution in [2.24, 2.45) is 0 Å². The monoisotopic (exact) mass is 400 g/mol. The number of aromatic nitrogens is 2. The van der Waals surface area contributed by atoms with E-state index in [1.54, 1.807) is 13.4 Å². The van der Waals surface area contributed by atoms with E-state index < -0.39 is 0 Å². The Labute approximate surface area is 176 Å². The van der Waals surface area contributed by atoms with Gasteiger partial charge in [-0.15, -0.1) is 0 Å². The van der Waals surface area contributed by atoms with Gasteiger partial charge in [-0.05, 0) is 61.2 Å². The molecule has 3 aromatic rings. The number of fused-ring (bicyclic) bond motifs is 2. The number of methoxy groups -OCH3 is 1. The summed E-state index contributed by atoms with van der Waals surface area (Å²) in [7, 11) is 1.65. The van der Waals surface area contributed by atoms with Crippen LogP contribution in [0, 0.1) is 0 Å². The molecule has 5 rings (SSSR count). The van der Waals surface area contributed by atoms with Gasteiger partial charge < -0.3 is 14.5 Å². The highest BCUT2D eigenvalue weighted by Crippen LogP contribution is 2.39. The van der Waals surface area contributed by atoms with Gasteiger partial charge in [0.25, 0.3) is 5.91 Å². The molecular weight excluding hydrogens is 376 g/mol. The minimum absolute atomic E-state index is 0.0178. The molecule has 0 saturated carbocycles. The molecule has 0 N–H and O–H groups in total. The lowest BCUT2D eigenvalue weighted by molar-refractivity contribution is 0.0723. The molecule has 2 aromatic carbocycles. The molecule has 2 aliphatic heterocycles. The highest BCUT2D eigenvalue weighted by molar-refractivity contribution is 5.99. The number of hydrogen-bond acceptors (Lipinski definition) is 5. The Bertz CT molecular complexity index is 1100. The lowest BCUT2D eigenvalue weighted by Gasteiger charge is -2.30. The summed E-state index contributed by atoms with van der Waals surface area (Å²) in [6.45, 7) is 3.60. The maximum atomic E-state index is 13.1. The Morgan fingerprint density at radius 1 is 1.17 bits per heavy atom. The van der Waals surface area contributed by atoms with Gasteiger partial charge in [0.2, 0.25) is 0 Å². The van der Waals surface area contributed by atoms with Gasteiger partial charge >= 0.3 is 0 Å². The van der Waals surface area contributed by atoms with Crippen molar-refractivity contribution in [1.82, 2.24) is 14.9 Å². The SMILES string of the molecule is COc1ccc(CN2C(=O)c3ccc(N4CCCc5cncnc54)cc3C2C)cc1. The third-order valence-corrected chi connectivity index (χ3v) is 6.12. The van der Waals surface area contributed by atoms with Crippen LogP contribution >= 0.6 is 0 Å². The minimum Gasteiger partial charge on any atom is -0.497 e. The van der Waals surface area contributed by atoms with Gasteiger partial charge in [-0.25, -0.2) is 9.97 Å². The number of carbonyl (C=O) groups excluding carboxylic acids is 1. The highest BCUT2D eigenvalue weighted by Gasteiger charge is 2.34. The van der Waals surface area contributed by atoms with Crippen LogP contribution in [-0.2, 0) is 13.0 Å². The van der Waals surface area contributed by atoms with Crippen molar-refractivity contribution in [3.8, 4) is 5.75 Å². The van der Waals surface area contributed by atoms with Gasteiger partial charge in [-0.1, -0.05) is 12.1 Å². The summed E-state index contributed by atoms with van der Waals surface area (Å²) in [5, 5.41) is 0. The largest absolute Gasteiger partial charge is 0.497 e. The smallest absolute Gasteiger partial charge is 0.255 e. The molecule has 6 nitrogen and oxygen atoms in total. The second kappa shape index (κ2) is 7.44. The molecule has 152 valence electrons. The Morgan fingerprint density at radius 2 is 2.00 bits per heavy atom. The zero-order valence-electron chi connectivity index (χ0n) is 17.2. The fraction of sp³-hybridized carbons (Fsp3) is 0.292. The molecule has 30 heavy (non-hydrogen) atoms. The van der Waals surface area contributed by atoms with E-state index >= 15 is 0 Å². The Kier molecular flexibility index (Phi) is 4.62. The number of aryl methyl sites for hydroxylation is 1. The van der Waals surface area contributed by atoms with Crippen LogP contribution in [0.15, 0.2) is 55.0 Å². The number of rotatable bonds is 4. The molecule has 0 saturated heterocycles. The lowest BCUT2D eigenvalue weighted by Crippen LogP contribution is -2.26. The van der Waals surface area contributed by atoms with Crippen LogP contribution in [-0.4, -0.2) is 34.4 Å². The van der Waals surface area contributed by atoms with Crippen LogP contribution in [0.4, 0.5) is 11.5 Å². The number of carbonyl (C=O) groups is 1. The van der Waals surface area contributed by atoms with E-state index in [0.29, 0.717) is 6.54 Å². The van der Waals surface area contributed by atoms with E-state index in [1.165, 1.54) is 5.56 Å². The van der Waals surface area contributed by atoms with Crippen LogP contribution in [0.3, 0.4) is 0 Å². The van der Waals surface area contributed by atoms with Gasteiger partial charge in [-0.2, -0.15) is 0 Å². The average Bonchev–Trinajstić information content (AvgIpc) is 3.03. The summed E-state index contributed by atoms with van der Waals surface area (Å²) in [4.78, 5) is 25.9. The van der Waals surface area contributed by atoms with Crippen molar-refractivity contribution in [2.75, 3.05) is 18.6 Å². The predicted octanol–water partition coefficient (Wildman–Crippen LogP) is 4.29. The summed E-state index contributed by atoms with van der Waals surface area (Å²) in [5.41, 5.74) is 5.21. The first-order chi connectivity index (χ1) is 14.7. The van der Waals surface area contributed by atoms with Gasteiger partial charge in [0, 0.05) is 36.1 Å². The van der Waals surface area contributed by atoms with Gasteiger partial charge in [0.15, 0.2) is 0 Å². The first kappa shape index (κ1) is 18.6. The zero-order chi connectivity index (χ0) is 20.7. The van der Waals surface area contributed by atoms with Crippen molar-refractivity contribution in [3.05, 3.63) is 77.2 Å². The highest BCUT2D eigenvalue weighted by atomic mass is 16.5. The number of nitrogens with zero attached hydrogens (tertiary/aromatic N) is 4. The van der Waals surface area contributed by atoms with Crippen molar-refractivity contribution in [2.45, 2.75) is 32.4 Å². The normalized spacial score (nSPS) is 17.7. The lowest BCUT2D eigenvalue weighted by atomic mass is 10.0. The molecule has 1 aromatic heterocycles. The number of amides is 1. The first-order valence-corrected chi connectivity index (χ1v) is 10.3. The molecule has 2 aliphatic rings. The van der Waals surface area contributed by atoms with Crippen LogP contribution in [0.5, 0.6) is 5.75 Å². The molecule has 1 unspecified atom stereocenters. The molecule has 6 heteroatoms. The molecule has 1 atom stereocenters. The second-order valence-electron chi connectivity index (χ2n) is 7.86. The quantitative estimate of drug-likeness (QED) is 0.654. The second-order valence-corrected chi connectivity index (χ2v) is 7.86. The number of benzene rings is 2. The standard InChI is InChI=1S/C24H24N4O2/c1-16-22-12-19(27-11-3-4-18-13-25-15-26-23(18)27)7-10-21(22)24(29)28(16)14-17-5-8-20(30-2)9-6-17/h5-10,12-13,15-16H,3-4,11,14H2,1-2H3. The van der Waals surface area contributed by atoms with E-state index in [4.69, 9.17) is 4.74 Å². The van der Waals surface area contributed by atoms with Crippen LogP contribution in [0.25, 0.3) is 0 Å². The first-order valence-electron chi connectivity index (χ1n) is 10.3. The third-order valence-electron chi connectivity index (χ3n) is 6.12. The number of ether oxygens (including phenoxy) is 1. The summed E-state index contributed by atoms with van der Waals surface area (Å²) >= 11 is 0. The van der Waals surface area contributed by atoms with Crippen LogP contribution < -0.4 is 9.64 Å². The minimum atomic E-state index is 0.0178. The van der Waals surface area contributed by atoms with Gasteiger partial charge in [0.1, 0.15) is 17.9 Å². The van der Waals surface area contributed by atoms with Crippen LogP contribution in [0.1, 0.15) is 46.4 Å². The molecule has 0 fully saturated rings. The zero-order valence-corrected chi connectivity index (χ0v) is 17.2. The summed E-state index contributed by atoms with van der Waals surface area (Å²) in [5.74, 6) is 1.88. The third kappa shape index (κ3) is 3.09. The van der Waals surface area contributed by atoms with E-state index in [-0.39, 0.29) is 11.9 Å². The maximum Gasteiger partial charge on any atom is 0.255 e. The predicted molar refractivity (Wildman–Crippen MR) is 115 cm³/mol. The van der Waals surface area contributed by atoms with Crippen molar-refractivity contribution in [3.63, 3.8) is 0 Å². The molecule has 0 aliphatic carbocycles. The summed E-state index contributed by atoms with van der Waals surface area (Å²) < 4.78 is 5.23. The van der Waals surface area contributed by atoms with E-state index in [0.717, 1.165) is 53.3 Å². The van der Waals surface area contributed by atoms with E-state index in [1.807, 2.05) is 47.5 Å². The fourth-order valence-corrected chi connectivity index (χ4v) is 4.45. The van der Waals surface area contributed by atoms with Gasteiger partial charge in [0.05, 0.1) is 13.2 Å². The van der Waals surface area contributed by atoms with E-state index in [2.05, 4.69) is 27.9 Å². The van der Waals surface area contributed by atoms with Crippen molar-refractivity contribution < 1.29 is 9.53 Å². The van der Waals surface area contributed by atoms with Crippen LogP contribution in [0.2, 0.25) is 0 Å². The Hall–Kier alpha value is -3.41. The van der Waals surface area contributed by atoms with Crippen molar-refractivity contribution in [1.29, 1.82) is 0 Å². The Morgan fingerprint density at radius 3 is 2.80 bits per heavy atom. The number of hydrogen-bond donors (Lipinski definition) is 0. The molecule has 1 amide bonds. The molecule has 0 radical (unpaired) electrons. The molecule has 0 spiro atoms. The number of anilines is 2. The maximum absolute atomic E-state index is 13.1. The summed E-state index contributed by atoms with van der Waals surface area (Å²) in [6, 6.07) is 14.1. The summed E-state index contributed by atoms with van der Waals surface area (Å²) in [6.07, 6.45) is 5.58. The van der Waals surface area contributed by atoms with E-state index in [9.17, 15) is 4.79 Å². The van der Waals surface area contributed by atoms with Gasteiger partial charge in [-0.3, -0.25) is 4.79 Å². The fourth-order valence-electron chi connectivity index (χ4n) is 4.45. The average molecular weight is 400 g/mol. The van der Waals surface area contributed by atoms with Crippen molar-refractivity contribution >= 4 is 17.4 Å². The topological polar surface area (TPSA) is 58.6 Å². The molecule has 0 bridgehead atoms. The Balaban J connectivity index is 1.43.